The van der Waals surface area contributed by atoms with E-state index in [0.29, 0.717) is 12.0 Å². The zero-order valence-corrected chi connectivity index (χ0v) is 13.1. The average molecular weight is 276 g/mol. The van der Waals surface area contributed by atoms with Gasteiger partial charge in [0.1, 0.15) is 0 Å². The van der Waals surface area contributed by atoms with Crippen LogP contribution < -0.4 is 5.32 Å². The van der Waals surface area contributed by atoms with Gasteiger partial charge < -0.3 is 10.1 Å². The third kappa shape index (κ3) is 4.58. The zero-order chi connectivity index (χ0) is 14.4. The second-order valence-electron chi connectivity index (χ2n) is 5.97. The van der Waals surface area contributed by atoms with Gasteiger partial charge in [-0.05, 0) is 37.4 Å². The van der Waals surface area contributed by atoms with Crippen LogP contribution in [-0.4, -0.2) is 44.3 Å². The van der Waals surface area contributed by atoms with Gasteiger partial charge in [0.25, 0.3) is 0 Å². The number of hydrogen-bond acceptors (Lipinski definition) is 3. The first-order valence-electron chi connectivity index (χ1n) is 7.76. The molecule has 1 N–H and O–H groups in total. The fourth-order valence-electron chi connectivity index (χ4n) is 2.86. The van der Waals surface area contributed by atoms with E-state index in [1.807, 2.05) is 7.05 Å². The molecular formula is C17H28N2O. The second-order valence-corrected chi connectivity index (χ2v) is 5.97. The molecule has 0 aromatic heterocycles. The minimum absolute atomic E-state index is 0.354. The lowest BCUT2D eigenvalue weighted by Crippen LogP contribution is -2.29. The van der Waals surface area contributed by atoms with E-state index in [-0.39, 0.29) is 0 Å². The van der Waals surface area contributed by atoms with Crippen molar-refractivity contribution in [2.45, 2.75) is 38.8 Å². The quantitative estimate of drug-likeness (QED) is 0.895. The van der Waals surface area contributed by atoms with Crippen molar-refractivity contribution in [3.63, 3.8) is 0 Å². The highest BCUT2D eigenvalue weighted by Gasteiger charge is 2.15. The van der Waals surface area contributed by atoms with Gasteiger partial charge in [0.15, 0.2) is 0 Å². The van der Waals surface area contributed by atoms with Crippen LogP contribution in [0.25, 0.3) is 0 Å². The number of rotatable bonds is 5. The number of nitrogens with one attached hydrogen (secondary N) is 1. The van der Waals surface area contributed by atoms with Crippen LogP contribution in [0, 0.1) is 0 Å². The molecule has 1 aromatic rings. The van der Waals surface area contributed by atoms with Gasteiger partial charge in [0, 0.05) is 32.8 Å². The van der Waals surface area contributed by atoms with Crippen molar-refractivity contribution in [1.82, 2.24) is 10.2 Å². The van der Waals surface area contributed by atoms with Crippen LogP contribution in [0.3, 0.4) is 0 Å². The second kappa shape index (κ2) is 7.77. The average Bonchev–Trinajstić information content (AvgIpc) is 2.64. The fraction of sp³-hybridized carbons (Fsp3) is 0.647. The first kappa shape index (κ1) is 15.5. The number of hydrogen-bond donors (Lipinski definition) is 1. The van der Waals surface area contributed by atoms with Crippen LogP contribution >= 0.6 is 0 Å². The summed E-state index contributed by atoms with van der Waals surface area (Å²) in [5.41, 5.74) is 2.81. The maximum absolute atomic E-state index is 5.70. The highest BCUT2D eigenvalue weighted by molar-refractivity contribution is 5.25. The number of ether oxygens (including phenoxy) is 1. The maximum atomic E-state index is 5.70. The van der Waals surface area contributed by atoms with E-state index >= 15 is 0 Å². The van der Waals surface area contributed by atoms with Crippen LogP contribution in [0.4, 0.5) is 0 Å². The molecule has 2 unspecified atom stereocenters. The van der Waals surface area contributed by atoms with Gasteiger partial charge in [-0.15, -0.1) is 0 Å². The van der Waals surface area contributed by atoms with Crippen molar-refractivity contribution in [3.8, 4) is 0 Å². The highest BCUT2D eigenvalue weighted by atomic mass is 16.5. The monoisotopic (exact) mass is 276 g/mol. The lowest BCUT2D eigenvalue weighted by atomic mass is 10.00. The zero-order valence-electron chi connectivity index (χ0n) is 13.1. The van der Waals surface area contributed by atoms with E-state index in [0.717, 1.165) is 39.2 Å². The summed E-state index contributed by atoms with van der Waals surface area (Å²) in [5, 5.41) is 3.24. The summed E-state index contributed by atoms with van der Waals surface area (Å²) < 4.78 is 5.70. The molecule has 0 saturated carbocycles. The molecule has 0 radical (unpaired) electrons. The molecule has 112 valence electrons. The molecule has 1 fully saturated rings. The van der Waals surface area contributed by atoms with Crippen LogP contribution in [0.5, 0.6) is 0 Å². The van der Waals surface area contributed by atoms with E-state index < -0.39 is 0 Å². The third-order valence-electron chi connectivity index (χ3n) is 4.00. The molecule has 3 nitrogen and oxygen atoms in total. The van der Waals surface area contributed by atoms with E-state index in [4.69, 9.17) is 4.74 Å². The minimum atomic E-state index is 0.354. The smallest absolute Gasteiger partial charge is 0.0674 e. The number of likely N-dealkylation sites (N-methyl/N-ethyl adjacent to an activating group) is 1. The standard InChI is InChI=1S/C17H28N2O/c1-14(11-18-3)17-7-5-16(6-8-17)13-19-9-4-10-20-15(2)12-19/h5-8,14-15,18H,4,9-13H2,1-3H3. The highest BCUT2D eigenvalue weighted by Crippen LogP contribution is 2.17. The first-order valence-corrected chi connectivity index (χ1v) is 7.76. The minimum Gasteiger partial charge on any atom is -0.377 e. The molecule has 1 aliphatic heterocycles. The van der Waals surface area contributed by atoms with Crippen molar-refractivity contribution < 1.29 is 4.74 Å². The van der Waals surface area contributed by atoms with Crippen molar-refractivity contribution in [3.05, 3.63) is 35.4 Å². The van der Waals surface area contributed by atoms with Crippen LogP contribution in [0.15, 0.2) is 24.3 Å². The van der Waals surface area contributed by atoms with Crippen molar-refractivity contribution in [2.75, 3.05) is 33.3 Å². The Kier molecular flexibility index (Phi) is 6.02. The molecule has 1 aromatic carbocycles. The van der Waals surface area contributed by atoms with Crippen LogP contribution in [-0.2, 0) is 11.3 Å². The summed E-state index contributed by atoms with van der Waals surface area (Å²) in [4.78, 5) is 2.50. The lowest BCUT2D eigenvalue weighted by molar-refractivity contribution is 0.0668. The Bertz CT molecular complexity index is 390. The van der Waals surface area contributed by atoms with Gasteiger partial charge in [0.2, 0.25) is 0 Å². The third-order valence-corrected chi connectivity index (χ3v) is 4.00. The predicted molar refractivity (Wildman–Crippen MR) is 84.1 cm³/mol. The van der Waals surface area contributed by atoms with Crippen molar-refractivity contribution in [2.24, 2.45) is 0 Å². The molecular weight excluding hydrogens is 248 g/mol. The van der Waals surface area contributed by atoms with Gasteiger partial charge in [-0.25, -0.2) is 0 Å². The Balaban J connectivity index is 1.92. The SMILES string of the molecule is CNCC(C)c1ccc(CN2CCCOC(C)C2)cc1. The molecule has 2 rings (SSSR count). The molecule has 0 bridgehead atoms. The van der Waals surface area contributed by atoms with Gasteiger partial charge >= 0.3 is 0 Å². The summed E-state index contributed by atoms with van der Waals surface area (Å²) in [6.07, 6.45) is 1.49. The van der Waals surface area contributed by atoms with Gasteiger partial charge in [-0.1, -0.05) is 31.2 Å². The summed E-state index contributed by atoms with van der Waals surface area (Å²) in [7, 11) is 2.01. The molecule has 0 spiro atoms. The molecule has 1 heterocycles. The molecule has 20 heavy (non-hydrogen) atoms. The van der Waals surface area contributed by atoms with E-state index in [1.165, 1.54) is 11.1 Å². The van der Waals surface area contributed by atoms with Gasteiger partial charge in [-0.3, -0.25) is 4.90 Å². The number of nitrogens with zero attached hydrogens (tertiary/aromatic N) is 1. The molecule has 1 aliphatic rings. The molecule has 0 aliphatic carbocycles. The van der Waals surface area contributed by atoms with Crippen LogP contribution in [0.1, 0.15) is 37.3 Å². The molecule has 1 saturated heterocycles. The summed E-state index contributed by atoms with van der Waals surface area (Å²) in [6, 6.07) is 9.10. The van der Waals surface area contributed by atoms with E-state index in [1.54, 1.807) is 0 Å². The Morgan fingerprint density at radius 2 is 2.10 bits per heavy atom. The maximum Gasteiger partial charge on any atom is 0.0674 e. The first-order chi connectivity index (χ1) is 9.69. The number of benzene rings is 1. The van der Waals surface area contributed by atoms with Gasteiger partial charge in [-0.2, -0.15) is 0 Å². The fourth-order valence-corrected chi connectivity index (χ4v) is 2.86. The Hall–Kier alpha value is -0.900. The van der Waals surface area contributed by atoms with Crippen molar-refractivity contribution >= 4 is 0 Å². The van der Waals surface area contributed by atoms with Gasteiger partial charge in [0.05, 0.1) is 6.10 Å². The van der Waals surface area contributed by atoms with Crippen LogP contribution in [0.2, 0.25) is 0 Å². The Morgan fingerprint density at radius 1 is 1.35 bits per heavy atom. The summed E-state index contributed by atoms with van der Waals surface area (Å²) in [6.45, 7) is 9.58. The summed E-state index contributed by atoms with van der Waals surface area (Å²) in [5.74, 6) is 0.570. The lowest BCUT2D eigenvalue weighted by Gasteiger charge is -2.22. The summed E-state index contributed by atoms with van der Waals surface area (Å²) >= 11 is 0. The normalized spacial score (nSPS) is 22.4. The molecule has 3 heteroatoms. The topological polar surface area (TPSA) is 24.5 Å². The van der Waals surface area contributed by atoms with Crippen molar-refractivity contribution in [1.29, 1.82) is 0 Å². The predicted octanol–water partition coefficient (Wildman–Crippen LogP) is 2.62. The Morgan fingerprint density at radius 3 is 2.80 bits per heavy atom. The van der Waals surface area contributed by atoms with E-state index in [2.05, 4.69) is 48.3 Å². The molecule has 2 atom stereocenters. The Labute approximate surface area is 123 Å². The molecule has 0 amide bonds. The van der Waals surface area contributed by atoms with E-state index in [9.17, 15) is 0 Å². The largest absolute Gasteiger partial charge is 0.377 e.